The Morgan fingerprint density at radius 1 is 1.33 bits per heavy atom. The minimum atomic E-state index is -4.52. The molecule has 1 saturated heterocycles. The van der Waals surface area contributed by atoms with Gasteiger partial charge in [0.1, 0.15) is 0 Å². The van der Waals surface area contributed by atoms with Crippen molar-refractivity contribution < 1.29 is 21.6 Å². The van der Waals surface area contributed by atoms with Crippen LogP contribution in [0, 0.1) is 0 Å². The SMILES string of the molecule is O=S1(=O)CCCC(Nc2nnc(C(F)(F)F)s2)C1. The lowest BCUT2D eigenvalue weighted by Gasteiger charge is -2.22. The molecular weight excluding hydrogens is 291 g/mol. The van der Waals surface area contributed by atoms with Crippen molar-refractivity contribution in [1.82, 2.24) is 10.2 Å². The largest absolute Gasteiger partial charge is 0.445 e. The van der Waals surface area contributed by atoms with Gasteiger partial charge in [-0.05, 0) is 12.8 Å². The zero-order chi connectivity index (χ0) is 13.4. The summed E-state index contributed by atoms with van der Waals surface area (Å²) in [6.45, 7) is 0. The monoisotopic (exact) mass is 301 g/mol. The number of nitrogens with zero attached hydrogens (tertiary/aromatic N) is 2. The van der Waals surface area contributed by atoms with E-state index >= 15 is 0 Å². The molecule has 18 heavy (non-hydrogen) atoms. The van der Waals surface area contributed by atoms with E-state index in [2.05, 4.69) is 15.5 Å². The number of alkyl halides is 3. The van der Waals surface area contributed by atoms with E-state index in [4.69, 9.17) is 0 Å². The van der Waals surface area contributed by atoms with Crippen molar-refractivity contribution in [3.05, 3.63) is 5.01 Å². The average Bonchev–Trinajstić information content (AvgIpc) is 2.63. The number of rotatable bonds is 2. The third-order valence-electron chi connectivity index (χ3n) is 2.46. The lowest BCUT2D eigenvalue weighted by molar-refractivity contribution is -0.138. The summed E-state index contributed by atoms with van der Waals surface area (Å²) in [4.78, 5) is 0. The van der Waals surface area contributed by atoms with Crippen molar-refractivity contribution >= 4 is 26.3 Å². The fraction of sp³-hybridized carbons (Fsp3) is 0.750. The van der Waals surface area contributed by atoms with Gasteiger partial charge in [0, 0.05) is 6.04 Å². The second-order valence-corrected chi connectivity index (χ2v) is 7.21. The highest BCUT2D eigenvalue weighted by molar-refractivity contribution is 7.91. The van der Waals surface area contributed by atoms with Crippen LogP contribution in [0.15, 0.2) is 0 Å². The van der Waals surface area contributed by atoms with Crippen molar-refractivity contribution in [1.29, 1.82) is 0 Å². The molecule has 1 N–H and O–H groups in total. The molecule has 5 nitrogen and oxygen atoms in total. The van der Waals surface area contributed by atoms with E-state index < -0.39 is 27.1 Å². The van der Waals surface area contributed by atoms with Gasteiger partial charge >= 0.3 is 6.18 Å². The summed E-state index contributed by atoms with van der Waals surface area (Å²) >= 11 is 0.380. The van der Waals surface area contributed by atoms with E-state index in [1.165, 1.54) is 0 Å². The average molecular weight is 301 g/mol. The normalized spacial score (nSPS) is 23.8. The van der Waals surface area contributed by atoms with Gasteiger partial charge in [-0.1, -0.05) is 11.3 Å². The van der Waals surface area contributed by atoms with Crippen LogP contribution in [0.5, 0.6) is 0 Å². The fourth-order valence-corrected chi connectivity index (χ4v) is 4.03. The Kier molecular flexibility index (Phi) is 3.49. The molecule has 0 bridgehead atoms. The Balaban J connectivity index is 2.04. The number of halogens is 3. The molecule has 102 valence electrons. The maximum absolute atomic E-state index is 12.3. The van der Waals surface area contributed by atoms with Crippen molar-refractivity contribution in [3.63, 3.8) is 0 Å². The van der Waals surface area contributed by atoms with Crippen LogP contribution in [-0.2, 0) is 16.0 Å². The molecule has 10 heteroatoms. The smallest absolute Gasteiger partial charge is 0.356 e. The second kappa shape index (κ2) is 4.65. The number of aromatic nitrogens is 2. The number of sulfone groups is 1. The van der Waals surface area contributed by atoms with Gasteiger partial charge in [0.15, 0.2) is 9.84 Å². The number of nitrogens with one attached hydrogen (secondary N) is 1. The third kappa shape index (κ3) is 3.31. The molecule has 1 fully saturated rings. The Morgan fingerprint density at radius 3 is 2.61 bits per heavy atom. The topological polar surface area (TPSA) is 72.0 Å². The highest BCUT2D eigenvalue weighted by Crippen LogP contribution is 2.33. The van der Waals surface area contributed by atoms with E-state index in [9.17, 15) is 21.6 Å². The Hall–Kier alpha value is -0.900. The first-order valence-electron chi connectivity index (χ1n) is 5.14. The van der Waals surface area contributed by atoms with E-state index in [0.717, 1.165) is 0 Å². The molecule has 1 aliphatic rings. The van der Waals surface area contributed by atoms with Crippen LogP contribution in [0.3, 0.4) is 0 Å². The first-order chi connectivity index (χ1) is 8.26. The molecule has 0 aliphatic carbocycles. The summed E-state index contributed by atoms with van der Waals surface area (Å²) in [7, 11) is -3.10. The minimum absolute atomic E-state index is 0.00410. The van der Waals surface area contributed by atoms with Crippen molar-refractivity contribution in [2.75, 3.05) is 16.8 Å². The molecule has 2 heterocycles. The van der Waals surface area contributed by atoms with Crippen LogP contribution in [-0.4, -0.2) is 36.2 Å². The quantitative estimate of drug-likeness (QED) is 0.897. The molecule has 1 aromatic rings. The molecule has 0 aromatic carbocycles. The van der Waals surface area contributed by atoms with E-state index in [0.29, 0.717) is 24.2 Å². The zero-order valence-corrected chi connectivity index (χ0v) is 10.7. The lowest BCUT2D eigenvalue weighted by Crippen LogP contribution is -2.34. The standard InChI is InChI=1S/C8H10F3N3O2S2/c9-8(10,11)6-13-14-7(17-6)12-5-2-1-3-18(15,16)4-5/h5H,1-4H2,(H,12,14). The summed E-state index contributed by atoms with van der Waals surface area (Å²) in [5, 5.41) is 8.05. The third-order valence-corrected chi connectivity index (χ3v) is 5.18. The summed E-state index contributed by atoms with van der Waals surface area (Å²) < 4.78 is 59.6. The first kappa shape index (κ1) is 13.5. The van der Waals surface area contributed by atoms with Crippen LogP contribution in [0.25, 0.3) is 0 Å². The van der Waals surface area contributed by atoms with Gasteiger partial charge in [-0.25, -0.2) is 8.42 Å². The van der Waals surface area contributed by atoms with Gasteiger partial charge in [0.05, 0.1) is 11.5 Å². The van der Waals surface area contributed by atoms with Gasteiger partial charge in [0.25, 0.3) is 0 Å². The molecule has 2 rings (SSSR count). The maximum atomic E-state index is 12.3. The number of anilines is 1. The van der Waals surface area contributed by atoms with Crippen LogP contribution in [0.2, 0.25) is 0 Å². The Labute approximate surface area is 105 Å². The zero-order valence-electron chi connectivity index (χ0n) is 9.07. The van der Waals surface area contributed by atoms with Crippen LogP contribution in [0.1, 0.15) is 17.8 Å². The van der Waals surface area contributed by atoms with Crippen LogP contribution >= 0.6 is 11.3 Å². The predicted molar refractivity (Wildman–Crippen MR) is 60.2 cm³/mol. The second-order valence-electron chi connectivity index (χ2n) is 4.01. The van der Waals surface area contributed by atoms with Crippen molar-refractivity contribution in [3.8, 4) is 0 Å². The van der Waals surface area contributed by atoms with Gasteiger partial charge in [-0.2, -0.15) is 13.2 Å². The van der Waals surface area contributed by atoms with Crippen molar-refractivity contribution in [2.45, 2.75) is 25.1 Å². The molecule has 0 radical (unpaired) electrons. The molecule has 1 atom stereocenters. The molecule has 0 saturated carbocycles. The fourth-order valence-electron chi connectivity index (χ4n) is 1.71. The van der Waals surface area contributed by atoms with Gasteiger partial charge in [-0.15, -0.1) is 10.2 Å². The van der Waals surface area contributed by atoms with Gasteiger partial charge in [-0.3, -0.25) is 0 Å². The molecular formula is C8H10F3N3O2S2. The van der Waals surface area contributed by atoms with Crippen molar-refractivity contribution in [2.24, 2.45) is 0 Å². The maximum Gasteiger partial charge on any atom is 0.445 e. The molecule has 1 aliphatic heterocycles. The van der Waals surface area contributed by atoms with Gasteiger partial charge < -0.3 is 5.32 Å². The number of hydrogen-bond donors (Lipinski definition) is 1. The predicted octanol–water partition coefficient (Wildman–Crippen LogP) is 1.55. The lowest BCUT2D eigenvalue weighted by atomic mass is 10.2. The van der Waals surface area contributed by atoms with Crippen LogP contribution in [0.4, 0.5) is 18.3 Å². The minimum Gasteiger partial charge on any atom is -0.356 e. The molecule has 1 unspecified atom stereocenters. The highest BCUT2D eigenvalue weighted by Gasteiger charge is 2.36. The van der Waals surface area contributed by atoms with Crippen LogP contribution < -0.4 is 5.32 Å². The van der Waals surface area contributed by atoms with E-state index in [1.54, 1.807) is 0 Å². The first-order valence-corrected chi connectivity index (χ1v) is 7.78. The van der Waals surface area contributed by atoms with E-state index in [1.807, 2.05) is 0 Å². The number of hydrogen-bond acceptors (Lipinski definition) is 6. The Morgan fingerprint density at radius 2 is 2.06 bits per heavy atom. The molecule has 0 spiro atoms. The Bertz CT molecular complexity index is 526. The molecule has 1 aromatic heterocycles. The summed E-state index contributed by atoms with van der Waals surface area (Å²) in [5.74, 6) is 0.0586. The summed E-state index contributed by atoms with van der Waals surface area (Å²) in [6, 6.07) is -0.391. The van der Waals surface area contributed by atoms with Gasteiger partial charge in [0.2, 0.25) is 10.1 Å². The highest BCUT2D eigenvalue weighted by atomic mass is 32.2. The summed E-state index contributed by atoms with van der Waals surface area (Å²) in [5.41, 5.74) is 0. The molecule has 0 amide bonds. The van der Waals surface area contributed by atoms with E-state index in [-0.39, 0.29) is 16.6 Å². The summed E-state index contributed by atoms with van der Waals surface area (Å²) in [6.07, 6.45) is -3.42.